The highest BCUT2D eigenvalue weighted by Gasteiger charge is 2.23. The zero-order valence-electron chi connectivity index (χ0n) is 10.00. The predicted octanol–water partition coefficient (Wildman–Crippen LogP) is 4.11. The lowest BCUT2D eigenvalue weighted by Crippen LogP contribution is -2.27. The molecule has 0 aliphatic heterocycles. The molecule has 3 N–H and O–H groups in total. The number of halogens is 4. The monoisotopic (exact) mass is 315 g/mol. The van der Waals surface area contributed by atoms with Crippen LogP contribution in [0.4, 0.5) is 4.39 Å². The van der Waals surface area contributed by atoms with Crippen molar-refractivity contribution in [3.63, 3.8) is 0 Å². The van der Waals surface area contributed by atoms with Gasteiger partial charge in [0.1, 0.15) is 5.82 Å². The maximum atomic E-state index is 13.6. The van der Waals surface area contributed by atoms with E-state index in [4.69, 9.17) is 28.9 Å². The summed E-state index contributed by atoms with van der Waals surface area (Å²) in [6, 6.07) is 1.72. The smallest absolute Gasteiger partial charge is 0.129 e. The Morgan fingerprint density at radius 3 is 2.56 bits per heavy atom. The molecule has 6 heteroatoms. The van der Waals surface area contributed by atoms with Crippen molar-refractivity contribution >= 4 is 35.6 Å². The van der Waals surface area contributed by atoms with Crippen molar-refractivity contribution in [1.82, 2.24) is 0 Å². The van der Waals surface area contributed by atoms with Gasteiger partial charge in [0.05, 0.1) is 22.2 Å². The van der Waals surface area contributed by atoms with E-state index in [0.717, 1.165) is 12.8 Å². The molecule has 1 rings (SSSR count). The van der Waals surface area contributed by atoms with Crippen molar-refractivity contribution in [3.8, 4) is 0 Å². The van der Waals surface area contributed by atoms with Crippen molar-refractivity contribution in [2.45, 2.75) is 38.3 Å². The zero-order valence-corrected chi connectivity index (χ0v) is 12.3. The zero-order chi connectivity index (χ0) is 13.0. The summed E-state index contributed by atoms with van der Waals surface area (Å²) < 4.78 is 13.6. The van der Waals surface area contributed by atoms with Crippen LogP contribution in [-0.4, -0.2) is 11.2 Å². The second-order valence-electron chi connectivity index (χ2n) is 3.99. The van der Waals surface area contributed by atoms with Gasteiger partial charge in [0.2, 0.25) is 0 Å². The molecule has 0 saturated heterocycles. The Kier molecular flexibility index (Phi) is 8.15. The fraction of sp³-hybridized carbons (Fsp3) is 0.500. The first-order valence-electron chi connectivity index (χ1n) is 5.56. The highest BCUT2D eigenvalue weighted by molar-refractivity contribution is 6.42. The molecule has 0 saturated carbocycles. The fourth-order valence-electron chi connectivity index (χ4n) is 1.63. The van der Waals surface area contributed by atoms with Gasteiger partial charge >= 0.3 is 0 Å². The number of rotatable bonds is 5. The van der Waals surface area contributed by atoms with Crippen LogP contribution in [0.2, 0.25) is 10.0 Å². The van der Waals surface area contributed by atoms with Crippen LogP contribution >= 0.6 is 35.6 Å². The van der Waals surface area contributed by atoms with Crippen LogP contribution in [0.15, 0.2) is 12.1 Å². The molecule has 18 heavy (non-hydrogen) atoms. The van der Waals surface area contributed by atoms with Crippen LogP contribution in [0.25, 0.3) is 0 Å². The molecular weight excluding hydrogens is 299 g/mol. The molecule has 0 heterocycles. The standard InChI is InChI=1S/C12H16Cl2FNO.ClH/c1-2-3-4-9(17)12(16)10-8(15)6-5-7(13)11(10)14;/h5-6,9,12,17H,2-4,16H2,1H3;1H/t9-,12-;/m0./s1. The molecule has 0 aromatic heterocycles. The molecule has 0 bridgehead atoms. The lowest BCUT2D eigenvalue weighted by atomic mass is 9.98. The van der Waals surface area contributed by atoms with Crippen molar-refractivity contribution in [2.24, 2.45) is 5.73 Å². The van der Waals surface area contributed by atoms with Gasteiger partial charge in [0.25, 0.3) is 0 Å². The van der Waals surface area contributed by atoms with Crippen LogP contribution in [0.1, 0.15) is 37.8 Å². The number of aliphatic hydroxyl groups is 1. The second-order valence-corrected chi connectivity index (χ2v) is 4.78. The van der Waals surface area contributed by atoms with Crippen LogP contribution < -0.4 is 5.73 Å². The summed E-state index contributed by atoms with van der Waals surface area (Å²) in [5, 5.41) is 10.2. The minimum atomic E-state index is -0.854. The van der Waals surface area contributed by atoms with E-state index in [1.807, 2.05) is 6.92 Å². The molecule has 1 aromatic rings. The molecule has 0 amide bonds. The molecule has 2 nitrogen and oxygen atoms in total. The average Bonchev–Trinajstić information content (AvgIpc) is 2.31. The van der Waals surface area contributed by atoms with Gasteiger partial charge in [-0.25, -0.2) is 4.39 Å². The fourth-order valence-corrected chi connectivity index (χ4v) is 2.08. The summed E-state index contributed by atoms with van der Waals surface area (Å²) in [6.07, 6.45) is 1.46. The molecule has 0 aliphatic rings. The Morgan fingerprint density at radius 1 is 1.39 bits per heavy atom. The summed E-state index contributed by atoms with van der Waals surface area (Å²) in [7, 11) is 0. The Balaban J connectivity index is 0.00000289. The normalized spacial score (nSPS) is 13.9. The molecule has 0 spiro atoms. The minimum absolute atomic E-state index is 0. The van der Waals surface area contributed by atoms with Gasteiger partial charge < -0.3 is 10.8 Å². The summed E-state index contributed by atoms with van der Waals surface area (Å²) in [5.41, 5.74) is 5.90. The van der Waals surface area contributed by atoms with E-state index in [-0.39, 0.29) is 28.0 Å². The third-order valence-electron chi connectivity index (χ3n) is 2.68. The SMILES string of the molecule is CCCC[C@H](O)[C@H](N)c1c(F)ccc(Cl)c1Cl.Cl. The van der Waals surface area contributed by atoms with E-state index in [2.05, 4.69) is 0 Å². The van der Waals surface area contributed by atoms with Crippen molar-refractivity contribution in [2.75, 3.05) is 0 Å². The van der Waals surface area contributed by atoms with E-state index in [9.17, 15) is 9.50 Å². The first-order chi connectivity index (χ1) is 7.99. The van der Waals surface area contributed by atoms with Gasteiger partial charge in [-0.15, -0.1) is 12.4 Å². The number of hydrogen-bond donors (Lipinski definition) is 2. The number of benzene rings is 1. The molecule has 0 unspecified atom stereocenters. The molecule has 104 valence electrons. The highest BCUT2D eigenvalue weighted by atomic mass is 35.5. The Hall–Kier alpha value is -0.0600. The van der Waals surface area contributed by atoms with Gasteiger partial charge in [0.15, 0.2) is 0 Å². The van der Waals surface area contributed by atoms with Crippen molar-refractivity contribution < 1.29 is 9.50 Å². The highest BCUT2D eigenvalue weighted by Crippen LogP contribution is 2.33. The van der Waals surface area contributed by atoms with Gasteiger partial charge in [0, 0.05) is 5.56 Å². The summed E-state index contributed by atoms with van der Waals surface area (Å²) in [4.78, 5) is 0. The first kappa shape index (κ1) is 17.9. The maximum Gasteiger partial charge on any atom is 0.129 e. The number of nitrogens with two attached hydrogens (primary N) is 1. The van der Waals surface area contributed by atoms with Crippen LogP contribution in [0.5, 0.6) is 0 Å². The van der Waals surface area contributed by atoms with Crippen molar-refractivity contribution in [3.05, 3.63) is 33.6 Å². The first-order valence-corrected chi connectivity index (χ1v) is 6.31. The van der Waals surface area contributed by atoms with Crippen LogP contribution in [-0.2, 0) is 0 Å². The quantitative estimate of drug-likeness (QED) is 0.803. The Morgan fingerprint density at radius 2 is 2.00 bits per heavy atom. The Labute approximate surface area is 123 Å². The number of hydrogen-bond acceptors (Lipinski definition) is 2. The largest absolute Gasteiger partial charge is 0.391 e. The molecule has 1 aromatic carbocycles. The second kappa shape index (κ2) is 8.18. The maximum absolute atomic E-state index is 13.6. The molecular formula is C12H17Cl3FNO. The van der Waals surface area contributed by atoms with Gasteiger partial charge in [-0.1, -0.05) is 43.0 Å². The van der Waals surface area contributed by atoms with Gasteiger partial charge in [-0.05, 0) is 18.6 Å². The number of aliphatic hydroxyl groups excluding tert-OH is 1. The lowest BCUT2D eigenvalue weighted by molar-refractivity contribution is 0.131. The summed E-state index contributed by atoms with van der Waals surface area (Å²) in [6.45, 7) is 2.01. The molecule has 0 fully saturated rings. The summed E-state index contributed by atoms with van der Waals surface area (Å²) >= 11 is 11.7. The van der Waals surface area contributed by atoms with Crippen LogP contribution in [0, 0.1) is 5.82 Å². The lowest BCUT2D eigenvalue weighted by Gasteiger charge is -2.21. The summed E-state index contributed by atoms with van der Waals surface area (Å²) in [5.74, 6) is -0.539. The van der Waals surface area contributed by atoms with Gasteiger partial charge in [-0.2, -0.15) is 0 Å². The molecule has 0 radical (unpaired) electrons. The average molecular weight is 317 g/mol. The number of unbranched alkanes of at least 4 members (excludes halogenated alkanes) is 1. The van der Waals surface area contributed by atoms with E-state index in [0.29, 0.717) is 6.42 Å². The minimum Gasteiger partial charge on any atom is -0.391 e. The molecule has 2 atom stereocenters. The third kappa shape index (κ3) is 4.25. The van der Waals surface area contributed by atoms with E-state index in [1.54, 1.807) is 0 Å². The van der Waals surface area contributed by atoms with Crippen molar-refractivity contribution in [1.29, 1.82) is 0 Å². The van der Waals surface area contributed by atoms with Gasteiger partial charge in [-0.3, -0.25) is 0 Å². The van der Waals surface area contributed by atoms with E-state index in [1.165, 1.54) is 12.1 Å². The Bertz CT molecular complexity index is 390. The topological polar surface area (TPSA) is 46.2 Å². The predicted molar refractivity (Wildman–Crippen MR) is 76.1 cm³/mol. The van der Waals surface area contributed by atoms with E-state index >= 15 is 0 Å². The van der Waals surface area contributed by atoms with Crippen LogP contribution in [0.3, 0.4) is 0 Å². The molecule has 0 aliphatic carbocycles. The third-order valence-corrected chi connectivity index (χ3v) is 3.50. The van der Waals surface area contributed by atoms with E-state index < -0.39 is 18.0 Å².